The molecule has 2 N–H and O–H groups in total. The largest absolute Gasteiger partial charge is 0.385 e. The van der Waals surface area contributed by atoms with Gasteiger partial charge in [0.25, 0.3) is 5.56 Å². The minimum Gasteiger partial charge on any atom is -0.385 e. The monoisotopic (exact) mass is 255 g/mol. The topological polar surface area (TPSA) is 79.2 Å². The van der Waals surface area contributed by atoms with Crippen molar-refractivity contribution in [1.29, 1.82) is 0 Å². The summed E-state index contributed by atoms with van der Waals surface area (Å²) in [4.78, 5) is 23.6. The summed E-state index contributed by atoms with van der Waals surface area (Å²) in [5.74, 6) is 0. The molecule has 0 saturated carbocycles. The molecule has 0 bridgehead atoms. The lowest BCUT2D eigenvalue weighted by atomic mass is 10.3. The molecular weight excluding hydrogens is 234 g/mol. The van der Waals surface area contributed by atoms with Gasteiger partial charge in [-0.05, 0) is 25.8 Å². The van der Waals surface area contributed by atoms with Crippen LogP contribution in [0, 0.1) is 0 Å². The number of methoxy groups -OCH3 is 1. The first kappa shape index (κ1) is 14.7. The molecule has 0 aliphatic heterocycles. The Hall–Kier alpha value is -1.40. The van der Waals surface area contributed by atoms with Crippen LogP contribution in [-0.2, 0) is 17.8 Å². The lowest BCUT2D eigenvalue weighted by molar-refractivity contribution is 0.191. The van der Waals surface area contributed by atoms with E-state index in [1.165, 1.54) is 10.6 Å². The average Bonchev–Trinajstić information content (AvgIpc) is 2.37. The van der Waals surface area contributed by atoms with Crippen molar-refractivity contribution < 1.29 is 4.74 Å². The number of rotatable bonds is 8. The fraction of sp³-hybridized carbons (Fsp3) is 0.667. The van der Waals surface area contributed by atoms with Crippen LogP contribution in [0.2, 0.25) is 0 Å². The van der Waals surface area contributed by atoms with Crippen LogP contribution >= 0.6 is 0 Å². The maximum Gasteiger partial charge on any atom is 0.330 e. The van der Waals surface area contributed by atoms with Crippen LogP contribution in [0.15, 0.2) is 21.9 Å². The third-order valence-electron chi connectivity index (χ3n) is 2.72. The molecule has 0 radical (unpaired) electrons. The van der Waals surface area contributed by atoms with Gasteiger partial charge in [0.05, 0.1) is 0 Å². The lowest BCUT2D eigenvalue weighted by Crippen LogP contribution is -2.39. The number of aryl methyl sites for hydroxylation is 1. The third-order valence-corrected chi connectivity index (χ3v) is 2.72. The van der Waals surface area contributed by atoms with Gasteiger partial charge in [0, 0.05) is 39.1 Å². The molecule has 0 aromatic carbocycles. The number of nitrogens with zero attached hydrogens (tertiary/aromatic N) is 2. The van der Waals surface area contributed by atoms with Crippen LogP contribution in [0.25, 0.3) is 0 Å². The van der Waals surface area contributed by atoms with Crippen LogP contribution in [0.3, 0.4) is 0 Å². The summed E-state index contributed by atoms with van der Waals surface area (Å²) < 4.78 is 7.75. The summed E-state index contributed by atoms with van der Waals surface area (Å²) in [5, 5.41) is 0. The zero-order valence-corrected chi connectivity index (χ0v) is 10.8. The molecule has 6 nitrogen and oxygen atoms in total. The zero-order chi connectivity index (χ0) is 13.4. The van der Waals surface area contributed by atoms with Crippen molar-refractivity contribution in [3.05, 3.63) is 33.1 Å². The molecule has 0 aliphatic carbocycles. The predicted molar refractivity (Wildman–Crippen MR) is 69.7 cm³/mol. The molecule has 0 unspecified atom stereocenters. The maximum absolute atomic E-state index is 12.0. The predicted octanol–water partition coefficient (Wildman–Crippen LogP) is -0.215. The van der Waals surface area contributed by atoms with E-state index in [9.17, 15) is 9.59 Å². The van der Waals surface area contributed by atoms with E-state index in [0.717, 1.165) is 12.8 Å². The number of hydrogen-bond donors (Lipinski definition) is 1. The molecule has 6 heteroatoms. The molecule has 0 saturated heterocycles. The van der Waals surface area contributed by atoms with Crippen molar-refractivity contribution in [1.82, 2.24) is 9.13 Å². The SMILES string of the molecule is COCCCCn1ccc(=O)n(CCCN)c1=O. The Morgan fingerprint density at radius 3 is 2.67 bits per heavy atom. The van der Waals surface area contributed by atoms with E-state index in [2.05, 4.69) is 0 Å². The van der Waals surface area contributed by atoms with Crippen LogP contribution < -0.4 is 17.0 Å². The van der Waals surface area contributed by atoms with E-state index in [4.69, 9.17) is 10.5 Å². The minimum absolute atomic E-state index is 0.256. The molecule has 1 aromatic heterocycles. The first-order chi connectivity index (χ1) is 8.70. The first-order valence-electron chi connectivity index (χ1n) is 6.20. The van der Waals surface area contributed by atoms with Gasteiger partial charge >= 0.3 is 5.69 Å². The van der Waals surface area contributed by atoms with Gasteiger partial charge < -0.3 is 15.0 Å². The van der Waals surface area contributed by atoms with Crippen LogP contribution in [0.5, 0.6) is 0 Å². The lowest BCUT2D eigenvalue weighted by Gasteiger charge is -2.09. The standard InChI is InChI=1S/C12H21N3O3/c1-18-10-3-2-7-14-9-5-11(16)15(12(14)17)8-4-6-13/h5,9H,2-4,6-8,10,13H2,1H3. The second-order valence-electron chi connectivity index (χ2n) is 4.12. The van der Waals surface area contributed by atoms with Crippen LogP contribution in [-0.4, -0.2) is 29.4 Å². The van der Waals surface area contributed by atoms with Gasteiger partial charge in [0.15, 0.2) is 0 Å². The molecular formula is C12H21N3O3. The number of aromatic nitrogens is 2. The molecule has 0 atom stereocenters. The Morgan fingerprint density at radius 2 is 2.00 bits per heavy atom. The smallest absolute Gasteiger partial charge is 0.330 e. The summed E-state index contributed by atoms with van der Waals surface area (Å²) in [6, 6.07) is 1.42. The Balaban J connectivity index is 2.74. The molecule has 1 rings (SSSR count). The van der Waals surface area contributed by atoms with Gasteiger partial charge in [-0.2, -0.15) is 0 Å². The molecule has 0 fully saturated rings. The third kappa shape index (κ3) is 4.12. The van der Waals surface area contributed by atoms with E-state index in [0.29, 0.717) is 32.7 Å². The summed E-state index contributed by atoms with van der Waals surface area (Å²) in [5.41, 5.74) is 4.87. The highest BCUT2D eigenvalue weighted by Gasteiger charge is 2.04. The Kier molecular flexibility index (Phi) is 6.38. The van der Waals surface area contributed by atoms with Gasteiger partial charge in [0.2, 0.25) is 0 Å². The van der Waals surface area contributed by atoms with Crippen molar-refractivity contribution in [2.45, 2.75) is 32.4 Å². The number of ether oxygens (including phenoxy) is 1. The zero-order valence-electron chi connectivity index (χ0n) is 10.8. The molecule has 0 aliphatic rings. The Morgan fingerprint density at radius 1 is 1.22 bits per heavy atom. The fourth-order valence-electron chi connectivity index (χ4n) is 1.71. The molecule has 0 spiro atoms. The average molecular weight is 255 g/mol. The van der Waals surface area contributed by atoms with Gasteiger partial charge in [-0.1, -0.05) is 0 Å². The van der Waals surface area contributed by atoms with Crippen LogP contribution in [0.4, 0.5) is 0 Å². The molecule has 102 valence electrons. The van der Waals surface area contributed by atoms with Gasteiger partial charge in [0.1, 0.15) is 0 Å². The number of hydrogen-bond acceptors (Lipinski definition) is 4. The highest BCUT2D eigenvalue weighted by Crippen LogP contribution is 1.92. The number of nitrogens with two attached hydrogens (primary N) is 1. The minimum atomic E-state index is -0.262. The van der Waals surface area contributed by atoms with Gasteiger partial charge in [-0.3, -0.25) is 9.36 Å². The van der Waals surface area contributed by atoms with Crippen molar-refractivity contribution in [3.8, 4) is 0 Å². The van der Waals surface area contributed by atoms with E-state index < -0.39 is 0 Å². The number of unbranched alkanes of at least 4 members (excludes halogenated alkanes) is 1. The van der Waals surface area contributed by atoms with E-state index in [-0.39, 0.29) is 11.2 Å². The quantitative estimate of drug-likeness (QED) is 0.652. The first-order valence-corrected chi connectivity index (χ1v) is 6.20. The Labute approximate surface area is 106 Å². The summed E-state index contributed by atoms with van der Waals surface area (Å²) in [6.45, 7) is 2.13. The van der Waals surface area contributed by atoms with E-state index in [1.54, 1.807) is 17.9 Å². The second-order valence-corrected chi connectivity index (χ2v) is 4.12. The van der Waals surface area contributed by atoms with Crippen molar-refractivity contribution in [3.63, 3.8) is 0 Å². The molecule has 18 heavy (non-hydrogen) atoms. The van der Waals surface area contributed by atoms with Crippen molar-refractivity contribution in [2.75, 3.05) is 20.3 Å². The normalized spacial score (nSPS) is 10.8. The van der Waals surface area contributed by atoms with Crippen molar-refractivity contribution >= 4 is 0 Å². The van der Waals surface area contributed by atoms with E-state index in [1.807, 2.05) is 0 Å². The van der Waals surface area contributed by atoms with Crippen LogP contribution in [0.1, 0.15) is 19.3 Å². The fourth-order valence-corrected chi connectivity index (χ4v) is 1.71. The van der Waals surface area contributed by atoms with E-state index >= 15 is 0 Å². The van der Waals surface area contributed by atoms with Gasteiger partial charge in [-0.15, -0.1) is 0 Å². The maximum atomic E-state index is 12.0. The molecule has 1 aromatic rings. The molecule has 0 amide bonds. The highest BCUT2D eigenvalue weighted by molar-refractivity contribution is 4.86. The van der Waals surface area contributed by atoms with Crippen molar-refractivity contribution in [2.24, 2.45) is 5.73 Å². The highest BCUT2D eigenvalue weighted by atomic mass is 16.5. The Bertz CT molecular complexity index is 464. The molecule has 1 heterocycles. The summed E-state index contributed by atoms with van der Waals surface area (Å²) in [7, 11) is 1.65. The second kappa shape index (κ2) is 7.84. The summed E-state index contributed by atoms with van der Waals surface area (Å²) in [6.07, 6.45) is 3.92. The van der Waals surface area contributed by atoms with Gasteiger partial charge in [-0.25, -0.2) is 4.79 Å². The summed E-state index contributed by atoms with van der Waals surface area (Å²) >= 11 is 0.